The van der Waals surface area contributed by atoms with E-state index in [0.717, 1.165) is 31.4 Å². The Morgan fingerprint density at radius 2 is 2.10 bits per heavy atom. The second-order valence-electron chi connectivity index (χ2n) is 5.00. The zero-order valence-corrected chi connectivity index (χ0v) is 11.2. The number of amides is 1. The predicted molar refractivity (Wildman–Crippen MR) is 70.9 cm³/mol. The Balaban J connectivity index is 2.02. The zero-order valence-electron chi connectivity index (χ0n) is 11.2. The maximum absolute atomic E-state index is 13.1. The SMILES string of the molecule is CC(NC(=O)C1=CCCC1)C(O)c1ccc(F)c(F)c1. The van der Waals surface area contributed by atoms with Crippen LogP contribution in [-0.4, -0.2) is 17.1 Å². The second-order valence-corrected chi connectivity index (χ2v) is 5.00. The number of hydrogen-bond donors (Lipinski definition) is 2. The average molecular weight is 281 g/mol. The summed E-state index contributed by atoms with van der Waals surface area (Å²) in [4.78, 5) is 11.9. The van der Waals surface area contributed by atoms with Gasteiger partial charge in [0, 0.05) is 5.57 Å². The van der Waals surface area contributed by atoms with Crippen molar-refractivity contribution in [3.8, 4) is 0 Å². The lowest BCUT2D eigenvalue weighted by atomic mass is 10.0. The lowest BCUT2D eigenvalue weighted by Gasteiger charge is -2.21. The molecule has 5 heteroatoms. The summed E-state index contributed by atoms with van der Waals surface area (Å²) in [6.45, 7) is 1.62. The molecule has 0 heterocycles. The van der Waals surface area contributed by atoms with Crippen LogP contribution in [0.15, 0.2) is 29.8 Å². The van der Waals surface area contributed by atoms with E-state index in [2.05, 4.69) is 5.32 Å². The molecule has 2 N–H and O–H groups in total. The number of carbonyl (C=O) groups excluding carboxylic acids is 1. The molecule has 0 bridgehead atoms. The molecule has 2 unspecified atom stereocenters. The number of hydrogen-bond acceptors (Lipinski definition) is 2. The molecule has 1 aromatic carbocycles. The van der Waals surface area contributed by atoms with Gasteiger partial charge in [0.15, 0.2) is 11.6 Å². The van der Waals surface area contributed by atoms with Crippen molar-refractivity contribution in [3.63, 3.8) is 0 Å². The van der Waals surface area contributed by atoms with Gasteiger partial charge >= 0.3 is 0 Å². The molecule has 2 atom stereocenters. The molecule has 2 rings (SSSR count). The number of carbonyl (C=O) groups is 1. The minimum absolute atomic E-state index is 0.211. The number of aliphatic hydroxyl groups excluding tert-OH is 1. The number of halogens is 2. The Morgan fingerprint density at radius 3 is 2.70 bits per heavy atom. The van der Waals surface area contributed by atoms with Gasteiger partial charge in [0.05, 0.1) is 12.1 Å². The summed E-state index contributed by atoms with van der Waals surface area (Å²) < 4.78 is 26.0. The Bertz CT molecular complexity index is 543. The van der Waals surface area contributed by atoms with Crippen LogP contribution in [0.1, 0.15) is 37.9 Å². The topological polar surface area (TPSA) is 49.3 Å². The van der Waals surface area contributed by atoms with Gasteiger partial charge in [0.1, 0.15) is 0 Å². The Morgan fingerprint density at radius 1 is 1.35 bits per heavy atom. The van der Waals surface area contributed by atoms with Gasteiger partial charge in [0.25, 0.3) is 0 Å². The molecule has 0 saturated heterocycles. The van der Waals surface area contributed by atoms with Crippen molar-refractivity contribution in [1.29, 1.82) is 0 Å². The van der Waals surface area contributed by atoms with Crippen LogP contribution in [0.5, 0.6) is 0 Å². The van der Waals surface area contributed by atoms with E-state index in [0.29, 0.717) is 5.57 Å². The van der Waals surface area contributed by atoms with Crippen LogP contribution in [-0.2, 0) is 4.79 Å². The largest absolute Gasteiger partial charge is 0.386 e. The number of allylic oxidation sites excluding steroid dienone is 1. The first-order chi connectivity index (χ1) is 9.49. The molecule has 0 radical (unpaired) electrons. The maximum Gasteiger partial charge on any atom is 0.247 e. The summed E-state index contributed by atoms with van der Waals surface area (Å²) in [5.41, 5.74) is 0.950. The van der Waals surface area contributed by atoms with Crippen molar-refractivity contribution in [1.82, 2.24) is 5.32 Å². The monoisotopic (exact) mass is 281 g/mol. The third kappa shape index (κ3) is 3.22. The van der Waals surface area contributed by atoms with E-state index in [9.17, 15) is 18.7 Å². The van der Waals surface area contributed by atoms with Crippen LogP contribution in [0, 0.1) is 11.6 Å². The van der Waals surface area contributed by atoms with Crippen molar-refractivity contribution < 1.29 is 18.7 Å². The van der Waals surface area contributed by atoms with Gasteiger partial charge < -0.3 is 10.4 Å². The maximum atomic E-state index is 13.1. The van der Waals surface area contributed by atoms with Crippen molar-refractivity contribution in [2.75, 3.05) is 0 Å². The fourth-order valence-corrected chi connectivity index (χ4v) is 2.24. The van der Waals surface area contributed by atoms with Crippen LogP contribution in [0.3, 0.4) is 0 Å². The van der Waals surface area contributed by atoms with Gasteiger partial charge in [-0.25, -0.2) is 8.78 Å². The standard InChI is InChI=1S/C15H17F2NO2/c1-9(18-15(20)10-4-2-3-5-10)14(19)11-6-7-12(16)13(17)8-11/h4,6-9,14,19H,2-3,5H2,1H3,(H,18,20). The molecule has 0 aliphatic heterocycles. The highest BCUT2D eigenvalue weighted by Gasteiger charge is 2.22. The first-order valence-electron chi connectivity index (χ1n) is 6.62. The number of benzene rings is 1. The normalized spacial score (nSPS) is 17.5. The van der Waals surface area contributed by atoms with Crippen molar-refractivity contribution in [3.05, 3.63) is 47.0 Å². The molecular weight excluding hydrogens is 264 g/mol. The molecule has 1 aromatic rings. The third-order valence-electron chi connectivity index (χ3n) is 3.45. The van der Waals surface area contributed by atoms with Crippen LogP contribution in [0.25, 0.3) is 0 Å². The van der Waals surface area contributed by atoms with Crippen LogP contribution >= 0.6 is 0 Å². The summed E-state index contributed by atoms with van der Waals surface area (Å²) in [7, 11) is 0. The van der Waals surface area contributed by atoms with Crippen LogP contribution in [0.2, 0.25) is 0 Å². The highest BCUT2D eigenvalue weighted by Crippen LogP contribution is 2.21. The molecule has 3 nitrogen and oxygen atoms in total. The van der Waals surface area contributed by atoms with Gasteiger partial charge in [0.2, 0.25) is 5.91 Å². The summed E-state index contributed by atoms with van der Waals surface area (Å²) in [6.07, 6.45) is 3.38. The summed E-state index contributed by atoms with van der Waals surface area (Å²) in [5.74, 6) is -2.19. The molecule has 1 aliphatic rings. The minimum Gasteiger partial charge on any atom is -0.386 e. The Hall–Kier alpha value is -1.75. The predicted octanol–water partition coefficient (Wildman–Crippen LogP) is 2.61. The van der Waals surface area contributed by atoms with Crippen molar-refractivity contribution in [2.24, 2.45) is 0 Å². The van der Waals surface area contributed by atoms with Gasteiger partial charge in [-0.3, -0.25) is 4.79 Å². The van der Waals surface area contributed by atoms with E-state index in [1.54, 1.807) is 6.92 Å². The Labute approximate surface area is 116 Å². The molecule has 0 aromatic heterocycles. The first-order valence-corrected chi connectivity index (χ1v) is 6.62. The lowest BCUT2D eigenvalue weighted by Crippen LogP contribution is -2.37. The molecular formula is C15H17F2NO2. The lowest BCUT2D eigenvalue weighted by molar-refractivity contribution is -0.119. The molecule has 0 fully saturated rings. The van der Waals surface area contributed by atoms with E-state index in [1.807, 2.05) is 6.08 Å². The average Bonchev–Trinajstić information content (AvgIpc) is 2.95. The number of rotatable bonds is 4. The third-order valence-corrected chi connectivity index (χ3v) is 3.45. The Kier molecular flexibility index (Phi) is 4.49. The highest BCUT2D eigenvalue weighted by atomic mass is 19.2. The molecule has 0 spiro atoms. The van der Waals surface area contributed by atoms with Crippen LogP contribution < -0.4 is 5.32 Å². The number of nitrogens with one attached hydrogen (secondary N) is 1. The molecule has 1 amide bonds. The minimum atomic E-state index is -1.09. The molecule has 20 heavy (non-hydrogen) atoms. The molecule has 108 valence electrons. The second kappa shape index (κ2) is 6.13. The van der Waals surface area contributed by atoms with Gasteiger partial charge in [-0.15, -0.1) is 0 Å². The van der Waals surface area contributed by atoms with E-state index in [4.69, 9.17) is 0 Å². The van der Waals surface area contributed by atoms with Crippen LogP contribution in [0.4, 0.5) is 8.78 Å². The molecule has 0 saturated carbocycles. The summed E-state index contributed by atoms with van der Waals surface area (Å²) >= 11 is 0. The van der Waals surface area contributed by atoms with Crippen molar-refractivity contribution >= 4 is 5.91 Å². The number of aliphatic hydroxyl groups is 1. The van der Waals surface area contributed by atoms with E-state index < -0.39 is 23.8 Å². The van der Waals surface area contributed by atoms with E-state index in [-0.39, 0.29) is 11.5 Å². The van der Waals surface area contributed by atoms with Gasteiger partial charge in [-0.05, 0) is 43.9 Å². The fraction of sp³-hybridized carbons (Fsp3) is 0.400. The quantitative estimate of drug-likeness (QED) is 0.891. The van der Waals surface area contributed by atoms with Crippen molar-refractivity contribution in [2.45, 2.75) is 38.3 Å². The van der Waals surface area contributed by atoms with Gasteiger partial charge in [-0.2, -0.15) is 0 Å². The smallest absolute Gasteiger partial charge is 0.247 e. The molecule has 1 aliphatic carbocycles. The fourth-order valence-electron chi connectivity index (χ4n) is 2.24. The zero-order chi connectivity index (χ0) is 14.7. The first kappa shape index (κ1) is 14.7. The summed E-state index contributed by atoms with van der Waals surface area (Å²) in [5, 5.41) is 12.8. The van der Waals surface area contributed by atoms with E-state index >= 15 is 0 Å². The summed E-state index contributed by atoms with van der Waals surface area (Å²) in [6, 6.07) is 2.62. The highest BCUT2D eigenvalue weighted by molar-refractivity contribution is 5.93. The van der Waals surface area contributed by atoms with Gasteiger partial charge in [-0.1, -0.05) is 12.1 Å². The van der Waals surface area contributed by atoms with E-state index in [1.165, 1.54) is 6.07 Å².